The number of aliphatic hydroxyl groups is 1. The fourth-order valence-corrected chi connectivity index (χ4v) is 6.35. The highest BCUT2D eigenvalue weighted by Crippen LogP contribution is 2.43. The highest BCUT2D eigenvalue weighted by Gasteiger charge is 2.25. The summed E-state index contributed by atoms with van der Waals surface area (Å²) < 4.78 is 1.93. The first-order valence-corrected chi connectivity index (χ1v) is 14.8. The number of nitrogens with zero attached hydrogens (tertiary/aromatic N) is 6. The van der Waals surface area contributed by atoms with E-state index in [1.807, 2.05) is 48.0 Å². The molecule has 1 N–H and O–H groups in total. The Morgan fingerprint density at radius 1 is 0.814 bits per heavy atom. The molecule has 0 amide bonds. The Hall–Kier alpha value is -4.72. The zero-order valence-corrected chi connectivity index (χ0v) is 24.6. The number of benzene rings is 3. The van der Waals surface area contributed by atoms with Gasteiger partial charge in [-0.1, -0.05) is 66.2 Å². The van der Waals surface area contributed by atoms with Crippen molar-refractivity contribution >= 4 is 34.0 Å². The second-order valence-corrected chi connectivity index (χ2v) is 11.2. The van der Waals surface area contributed by atoms with Gasteiger partial charge in [0.25, 0.3) is 0 Å². The summed E-state index contributed by atoms with van der Waals surface area (Å²) in [5.41, 5.74) is 8.20. The Bertz CT molecular complexity index is 1900. The third-order valence-electron chi connectivity index (χ3n) is 8.22. The molecule has 214 valence electrons. The topological polar surface area (TPSA) is 70.3 Å². The molecule has 1 fully saturated rings. The van der Waals surface area contributed by atoms with Crippen LogP contribution in [0.3, 0.4) is 0 Å². The number of anilines is 2. The van der Waals surface area contributed by atoms with Crippen molar-refractivity contribution in [1.82, 2.24) is 19.5 Å². The van der Waals surface area contributed by atoms with Crippen LogP contribution in [0.25, 0.3) is 44.5 Å². The Labute approximate surface area is 255 Å². The number of piperazine rings is 1. The minimum atomic E-state index is -0.115. The van der Waals surface area contributed by atoms with E-state index in [4.69, 9.17) is 21.6 Å². The molecule has 0 atom stereocenters. The summed E-state index contributed by atoms with van der Waals surface area (Å²) in [5, 5.41) is 11.8. The van der Waals surface area contributed by atoms with Crippen LogP contribution in [-0.2, 0) is 13.7 Å². The molecule has 4 heterocycles. The van der Waals surface area contributed by atoms with E-state index in [2.05, 4.69) is 63.3 Å². The number of aromatic nitrogens is 4. The molecule has 43 heavy (non-hydrogen) atoms. The molecule has 7 rings (SSSR count). The monoisotopic (exact) mass is 586 g/mol. The third-order valence-corrected chi connectivity index (χ3v) is 8.61. The number of fused-ring (bicyclic) bond motifs is 1. The summed E-state index contributed by atoms with van der Waals surface area (Å²) in [6.07, 6.45) is 5.27. The van der Waals surface area contributed by atoms with E-state index in [1.165, 1.54) is 5.69 Å². The van der Waals surface area contributed by atoms with Crippen molar-refractivity contribution in [2.75, 3.05) is 36.0 Å². The fourth-order valence-electron chi connectivity index (χ4n) is 6.01. The van der Waals surface area contributed by atoms with E-state index in [1.54, 1.807) is 18.7 Å². The van der Waals surface area contributed by atoms with E-state index in [0.29, 0.717) is 5.02 Å². The smallest absolute Gasteiger partial charge is 0.138 e. The number of aliphatic hydroxyl groups excluding tert-OH is 1. The highest BCUT2D eigenvalue weighted by atomic mass is 35.5. The van der Waals surface area contributed by atoms with E-state index in [0.717, 1.165) is 82.1 Å². The molecule has 6 aromatic rings. The average molecular weight is 587 g/mol. The Kier molecular flexibility index (Phi) is 7.27. The highest BCUT2D eigenvalue weighted by molar-refractivity contribution is 6.39. The van der Waals surface area contributed by atoms with Crippen LogP contribution in [0, 0.1) is 0 Å². The lowest BCUT2D eigenvalue weighted by atomic mass is 9.95. The maximum atomic E-state index is 10.3. The zero-order valence-electron chi connectivity index (χ0n) is 23.9. The Morgan fingerprint density at radius 3 is 2.23 bits per heavy atom. The first-order chi connectivity index (χ1) is 21.1. The summed E-state index contributed by atoms with van der Waals surface area (Å²) in [5.74, 6) is 0.900. The summed E-state index contributed by atoms with van der Waals surface area (Å²) >= 11 is 7.37. The predicted octanol–water partition coefficient (Wildman–Crippen LogP) is 6.84. The molecule has 0 bridgehead atoms. The lowest BCUT2D eigenvalue weighted by Crippen LogP contribution is -2.47. The Morgan fingerprint density at radius 2 is 1.53 bits per heavy atom. The molecular formula is C35H31ClN6O. The first-order valence-electron chi connectivity index (χ1n) is 14.4. The first kappa shape index (κ1) is 27.1. The molecule has 0 aliphatic carbocycles. The van der Waals surface area contributed by atoms with Gasteiger partial charge < -0.3 is 19.5 Å². The number of hydrogen-bond acceptors (Lipinski definition) is 6. The molecular weight excluding hydrogens is 556 g/mol. The number of para-hydroxylation sites is 1. The summed E-state index contributed by atoms with van der Waals surface area (Å²) in [4.78, 5) is 19.0. The van der Waals surface area contributed by atoms with E-state index < -0.39 is 0 Å². The maximum absolute atomic E-state index is 10.3. The van der Waals surface area contributed by atoms with Crippen molar-refractivity contribution in [2.24, 2.45) is 7.05 Å². The predicted molar refractivity (Wildman–Crippen MR) is 174 cm³/mol. The number of pyridine rings is 2. The molecule has 1 saturated heterocycles. The van der Waals surface area contributed by atoms with Crippen LogP contribution < -0.4 is 9.80 Å². The SMILES string of the molecule is Cn1cncc1-c1nccc(CO)c1-c1ccc2nc(N3CCN(c4ccccc4)CC3)c(-c3ccccc3)c(Cl)c2c1. The van der Waals surface area contributed by atoms with E-state index >= 15 is 0 Å². The minimum Gasteiger partial charge on any atom is -0.392 e. The fraction of sp³-hybridized carbons (Fsp3) is 0.171. The number of halogens is 1. The number of rotatable bonds is 6. The second kappa shape index (κ2) is 11.5. The Balaban J connectivity index is 1.35. The van der Waals surface area contributed by atoms with E-state index in [-0.39, 0.29) is 6.61 Å². The van der Waals surface area contributed by atoms with Crippen LogP contribution in [-0.4, -0.2) is 50.8 Å². The van der Waals surface area contributed by atoms with Crippen molar-refractivity contribution in [3.05, 3.63) is 114 Å². The van der Waals surface area contributed by atoms with Crippen molar-refractivity contribution in [3.8, 4) is 33.6 Å². The largest absolute Gasteiger partial charge is 0.392 e. The van der Waals surface area contributed by atoms with Gasteiger partial charge in [-0.05, 0) is 47.0 Å². The van der Waals surface area contributed by atoms with Crippen LogP contribution in [0.15, 0.2) is 104 Å². The van der Waals surface area contributed by atoms with Gasteiger partial charge >= 0.3 is 0 Å². The van der Waals surface area contributed by atoms with Crippen LogP contribution in [0.4, 0.5) is 11.5 Å². The van der Waals surface area contributed by atoms with Gasteiger partial charge in [-0.2, -0.15) is 0 Å². The lowest BCUT2D eigenvalue weighted by molar-refractivity contribution is 0.282. The van der Waals surface area contributed by atoms with Crippen LogP contribution >= 0.6 is 11.6 Å². The molecule has 7 nitrogen and oxygen atoms in total. The van der Waals surface area contributed by atoms with Gasteiger partial charge in [-0.3, -0.25) is 4.98 Å². The summed E-state index contributed by atoms with van der Waals surface area (Å²) in [6, 6.07) is 28.8. The summed E-state index contributed by atoms with van der Waals surface area (Å²) in [6.45, 7) is 3.36. The molecule has 0 unspecified atom stereocenters. The van der Waals surface area contributed by atoms with Crippen LogP contribution in [0.1, 0.15) is 5.56 Å². The van der Waals surface area contributed by atoms with Gasteiger partial charge in [0.2, 0.25) is 0 Å². The zero-order chi connectivity index (χ0) is 29.3. The molecule has 0 saturated carbocycles. The van der Waals surface area contributed by atoms with Crippen molar-refractivity contribution in [2.45, 2.75) is 6.61 Å². The van der Waals surface area contributed by atoms with Crippen LogP contribution in [0.5, 0.6) is 0 Å². The van der Waals surface area contributed by atoms with E-state index in [9.17, 15) is 5.11 Å². The van der Waals surface area contributed by atoms with Gasteiger partial charge in [-0.25, -0.2) is 9.97 Å². The summed E-state index contributed by atoms with van der Waals surface area (Å²) in [7, 11) is 1.94. The third kappa shape index (κ3) is 5.01. The molecule has 0 radical (unpaired) electrons. The maximum Gasteiger partial charge on any atom is 0.138 e. The number of aryl methyl sites for hydroxylation is 1. The number of hydrogen-bond donors (Lipinski definition) is 1. The van der Waals surface area contributed by atoms with Gasteiger partial charge in [0.1, 0.15) is 5.82 Å². The van der Waals surface area contributed by atoms with Crippen LogP contribution in [0.2, 0.25) is 5.02 Å². The number of imidazole rings is 1. The van der Waals surface area contributed by atoms with Crippen molar-refractivity contribution < 1.29 is 5.11 Å². The van der Waals surface area contributed by atoms with Crippen molar-refractivity contribution in [1.29, 1.82) is 0 Å². The standard InChI is InChI=1S/C35H31ClN6O/c1-40-23-37-21-30(40)34-31(26(22-43)14-15-38-34)25-12-13-29-28(20-25)33(36)32(24-8-4-2-5-9-24)35(39-29)42-18-16-41(17-19-42)27-10-6-3-7-11-27/h2-15,20-21,23,43H,16-19,22H2,1H3. The minimum absolute atomic E-state index is 0.115. The molecule has 8 heteroatoms. The molecule has 3 aromatic heterocycles. The van der Waals surface area contributed by atoms with Crippen molar-refractivity contribution in [3.63, 3.8) is 0 Å². The van der Waals surface area contributed by atoms with Gasteiger partial charge in [0.05, 0.1) is 41.1 Å². The lowest BCUT2D eigenvalue weighted by Gasteiger charge is -2.37. The normalized spacial score (nSPS) is 13.6. The molecule has 0 spiro atoms. The van der Waals surface area contributed by atoms with Gasteiger partial charge in [0.15, 0.2) is 0 Å². The van der Waals surface area contributed by atoms with Gasteiger partial charge in [-0.15, -0.1) is 0 Å². The average Bonchev–Trinajstić information content (AvgIpc) is 3.50. The molecule has 1 aliphatic heterocycles. The van der Waals surface area contributed by atoms with Gasteiger partial charge in [0, 0.05) is 61.6 Å². The second-order valence-electron chi connectivity index (χ2n) is 10.8. The molecule has 3 aromatic carbocycles. The quantitative estimate of drug-likeness (QED) is 0.230. The molecule has 1 aliphatic rings.